The third kappa shape index (κ3) is 4.05. The summed E-state index contributed by atoms with van der Waals surface area (Å²) in [6.07, 6.45) is 4.51. The second kappa shape index (κ2) is 7.35. The van der Waals surface area contributed by atoms with Crippen molar-refractivity contribution in [1.29, 1.82) is 0 Å². The Bertz CT molecular complexity index is 902. The van der Waals surface area contributed by atoms with Gasteiger partial charge in [0.2, 0.25) is 0 Å². The maximum Gasteiger partial charge on any atom is 0.277 e. The maximum absolute atomic E-state index is 13.6. The van der Waals surface area contributed by atoms with Gasteiger partial charge in [0, 0.05) is 24.3 Å². The molecule has 0 saturated heterocycles. The van der Waals surface area contributed by atoms with Crippen LogP contribution in [0.2, 0.25) is 0 Å². The third-order valence-electron chi connectivity index (χ3n) is 3.35. The molecule has 3 rings (SSSR count). The summed E-state index contributed by atoms with van der Waals surface area (Å²) in [5.41, 5.74) is 7.35. The van der Waals surface area contributed by atoms with Crippen LogP contribution in [0.25, 0.3) is 0 Å². The van der Waals surface area contributed by atoms with Gasteiger partial charge in [-0.05, 0) is 36.4 Å². The van der Waals surface area contributed by atoms with Crippen molar-refractivity contribution in [3.8, 4) is 0 Å². The van der Waals surface area contributed by atoms with Crippen LogP contribution in [-0.4, -0.2) is 20.9 Å². The van der Waals surface area contributed by atoms with E-state index in [9.17, 15) is 9.18 Å². The second-order valence-electron chi connectivity index (χ2n) is 5.11. The van der Waals surface area contributed by atoms with Gasteiger partial charge in [-0.1, -0.05) is 0 Å². The Morgan fingerprint density at radius 1 is 1.08 bits per heavy atom. The van der Waals surface area contributed by atoms with E-state index >= 15 is 0 Å². The molecule has 0 saturated carbocycles. The fourth-order valence-corrected chi connectivity index (χ4v) is 2.15. The lowest BCUT2D eigenvalue weighted by molar-refractivity contribution is 0.101. The third-order valence-corrected chi connectivity index (χ3v) is 3.35. The zero-order valence-electron chi connectivity index (χ0n) is 13.1. The van der Waals surface area contributed by atoms with Crippen LogP contribution in [0.3, 0.4) is 0 Å². The van der Waals surface area contributed by atoms with Gasteiger partial charge in [0.25, 0.3) is 5.91 Å². The number of aromatic nitrogens is 3. The molecule has 0 spiro atoms. The standard InChI is InChI=1S/C17H15FN6O/c18-13-3-1-6-21-15(13)17(25)24-11-5-8-20-12(9-11)10-23-14-4-2-7-22-16(14)19/h1-9,23H,10H2,(H2,19,22)(H,20,24,25). The number of nitrogens with one attached hydrogen (secondary N) is 2. The van der Waals surface area contributed by atoms with Gasteiger partial charge in [0.15, 0.2) is 11.5 Å². The number of nitrogens with two attached hydrogens (primary N) is 1. The zero-order chi connectivity index (χ0) is 17.6. The number of hydrogen-bond donors (Lipinski definition) is 3. The molecule has 0 aliphatic heterocycles. The van der Waals surface area contributed by atoms with Crippen molar-refractivity contribution in [2.45, 2.75) is 6.54 Å². The highest BCUT2D eigenvalue weighted by Crippen LogP contribution is 2.16. The van der Waals surface area contributed by atoms with Crippen molar-refractivity contribution in [2.75, 3.05) is 16.4 Å². The minimum atomic E-state index is -0.678. The summed E-state index contributed by atoms with van der Waals surface area (Å²) >= 11 is 0. The van der Waals surface area contributed by atoms with Gasteiger partial charge in [-0.25, -0.2) is 14.4 Å². The molecule has 0 bridgehead atoms. The number of nitrogens with zero attached hydrogens (tertiary/aromatic N) is 3. The van der Waals surface area contributed by atoms with E-state index in [1.54, 1.807) is 36.7 Å². The van der Waals surface area contributed by atoms with Gasteiger partial charge in [0.05, 0.1) is 17.9 Å². The highest BCUT2D eigenvalue weighted by molar-refractivity contribution is 6.02. The second-order valence-corrected chi connectivity index (χ2v) is 5.11. The molecular formula is C17H15FN6O. The Labute approximate surface area is 143 Å². The number of nitrogen functional groups attached to an aromatic ring is 1. The molecule has 0 aliphatic rings. The zero-order valence-corrected chi connectivity index (χ0v) is 13.1. The maximum atomic E-state index is 13.6. The lowest BCUT2D eigenvalue weighted by Gasteiger charge is -2.09. The average molecular weight is 338 g/mol. The van der Waals surface area contributed by atoms with E-state index in [0.29, 0.717) is 29.4 Å². The summed E-state index contributed by atoms with van der Waals surface area (Å²) in [6, 6.07) is 9.47. The van der Waals surface area contributed by atoms with Gasteiger partial charge in [-0.2, -0.15) is 0 Å². The van der Waals surface area contributed by atoms with Crippen LogP contribution in [-0.2, 0) is 6.54 Å². The molecule has 0 atom stereocenters. The number of carbonyl (C=O) groups is 1. The molecule has 4 N–H and O–H groups in total. The smallest absolute Gasteiger partial charge is 0.277 e. The van der Waals surface area contributed by atoms with Gasteiger partial charge in [-0.15, -0.1) is 0 Å². The first-order chi connectivity index (χ1) is 12.1. The molecule has 0 aromatic carbocycles. The summed E-state index contributed by atoms with van der Waals surface area (Å²) in [7, 11) is 0. The van der Waals surface area contributed by atoms with E-state index in [2.05, 4.69) is 25.6 Å². The van der Waals surface area contributed by atoms with Crippen LogP contribution in [0.15, 0.2) is 55.0 Å². The molecule has 0 aliphatic carbocycles. The molecule has 7 nitrogen and oxygen atoms in total. The summed E-state index contributed by atoms with van der Waals surface area (Å²) in [4.78, 5) is 24.0. The van der Waals surface area contributed by atoms with Crippen LogP contribution in [0, 0.1) is 5.82 Å². The number of anilines is 3. The largest absolute Gasteiger partial charge is 0.382 e. The van der Waals surface area contributed by atoms with Gasteiger partial charge < -0.3 is 16.4 Å². The van der Waals surface area contributed by atoms with E-state index in [1.807, 2.05) is 0 Å². The first kappa shape index (κ1) is 16.3. The predicted molar refractivity (Wildman–Crippen MR) is 92.4 cm³/mol. The first-order valence-corrected chi connectivity index (χ1v) is 7.44. The Balaban J connectivity index is 1.68. The van der Waals surface area contributed by atoms with Crippen molar-refractivity contribution < 1.29 is 9.18 Å². The molecule has 1 amide bonds. The van der Waals surface area contributed by atoms with E-state index in [0.717, 1.165) is 0 Å². The lowest BCUT2D eigenvalue weighted by atomic mass is 10.2. The Hall–Kier alpha value is -3.55. The number of pyridine rings is 3. The summed E-state index contributed by atoms with van der Waals surface area (Å²) in [6.45, 7) is 0.386. The molecule has 3 aromatic heterocycles. The highest BCUT2D eigenvalue weighted by atomic mass is 19.1. The van der Waals surface area contributed by atoms with Crippen LogP contribution in [0.5, 0.6) is 0 Å². The molecule has 0 radical (unpaired) electrons. The van der Waals surface area contributed by atoms with Crippen LogP contribution in [0.4, 0.5) is 21.6 Å². The monoisotopic (exact) mass is 338 g/mol. The number of rotatable bonds is 5. The topological polar surface area (TPSA) is 106 Å². The summed E-state index contributed by atoms with van der Waals surface area (Å²) in [5.74, 6) is -0.916. The normalized spacial score (nSPS) is 10.3. The van der Waals surface area contributed by atoms with E-state index in [4.69, 9.17) is 5.73 Å². The predicted octanol–water partition coefficient (Wildman–Crippen LogP) is 2.46. The molecular weight excluding hydrogens is 323 g/mol. The summed E-state index contributed by atoms with van der Waals surface area (Å²) in [5, 5.41) is 5.72. The molecule has 3 aromatic rings. The van der Waals surface area contributed by atoms with Gasteiger partial charge in [0.1, 0.15) is 5.82 Å². The van der Waals surface area contributed by atoms with Gasteiger partial charge >= 0.3 is 0 Å². The Morgan fingerprint density at radius 2 is 1.88 bits per heavy atom. The van der Waals surface area contributed by atoms with E-state index in [1.165, 1.54) is 18.3 Å². The molecule has 25 heavy (non-hydrogen) atoms. The SMILES string of the molecule is Nc1ncccc1NCc1cc(NC(=O)c2ncccc2F)ccn1. The Kier molecular flexibility index (Phi) is 4.79. The number of halogens is 1. The first-order valence-electron chi connectivity index (χ1n) is 7.44. The average Bonchev–Trinajstić information content (AvgIpc) is 2.62. The molecule has 0 unspecified atom stereocenters. The number of amides is 1. The number of carbonyl (C=O) groups excluding carboxylic acids is 1. The molecule has 3 heterocycles. The van der Waals surface area contributed by atoms with Crippen molar-refractivity contribution in [3.05, 3.63) is 72.2 Å². The summed E-state index contributed by atoms with van der Waals surface area (Å²) < 4.78 is 13.6. The van der Waals surface area contributed by atoms with E-state index < -0.39 is 11.7 Å². The molecule has 126 valence electrons. The lowest BCUT2D eigenvalue weighted by Crippen LogP contribution is -2.16. The van der Waals surface area contributed by atoms with Crippen LogP contribution >= 0.6 is 0 Å². The fourth-order valence-electron chi connectivity index (χ4n) is 2.15. The van der Waals surface area contributed by atoms with Gasteiger partial charge in [-0.3, -0.25) is 9.78 Å². The number of hydrogen-bond acceptors (Lipinski definition) is 6. The minimum absolute atomic E-state index is 0.262. The van der Waals surface area contributed by atoms with Crippen molar-refractivity contribution in [3.63, 3.8) is 0 Å². The van der Waals surface area contributed by atoms with Crippen LogP contribution in [0.1, 0.15) is 16.2 Å². The van der Waals surface area contributed by atoms with Crippen LogP contribution < -0.4 is 16.4 Å². The quantitative estimate of drug-likeness (QED) is 0.660. The van der Waals surface area contributed by atoms with Crippen molar-refractivity contribution >= 4 is 23.1 Å². The molecule has 8 heteroatoms. The van der Waals surface area contributed by atoms with Crippen molar-refractivity contribution in [1.82, 2.24) is 15.0 Å². The van der Waals surface area contributed by atoms with Crippen molar-refractivity contribution in [2.24, 2.45) is 0 Å². The Morgan fingerprint density at radius 3 is 2.68 bits per heavy atom. The van der Waals surface area contributed by atoms with E-state index in [-0.39, 0.29) is 5.69 Å². The highest BCUT2D eigenvalue weighted by Gasteiger charge is 2.13. The minimum Gasteiger partial charge on any atom is -0.382 e. The molecule has 0 fully saturated rings. The fraction of sp³-hybridized carbons (Fsp3) is 0.0588.